The monoisotopic (exact) mass is 312 g/mol. The number of rotatable bonds is 6. The van der Waals surface area contributed by atoms with E-state index in [0.717, 1.165) is 0 Å². The van der Waals surface area contributed by atoms with Gasteiger partial charge in [-0.3, -0.25) is 0 Å². The van der Waals surface area contributed by atoms with Gasteiger partial charge in [-0.1, -0.05) is 0 Å². The lowest BCUT2D eigenvalue weighted by atomic mass is 10.1. The Morgan fingerprint density at radius 3 is 1.58 bits per heavy atom. The van der Waals surface area contributed by atoms with Gasteiger partial charge in [-0.05, 0) is 0 Å². The molecule has 0 aliphatic rings. The first-order chi connectivity index (χ1) is 8.26. The zero-order valence-electron chi connectivity index (χ0n) is 8.30. The van der Waals surface area contributed by atoms with Gasteiger partial charge in [0.1, 0.15) is 6.26 Å². The van der Waals surface area contributed by atoms with Gasteiger partial charge in [-0.2, -0.15) is 35.1 Å². The van der Waals surface area contributed by atoms with Crippen molar-refractivity contribution in [2.24, 2.45) is 0 Å². The Balaban J connectivity index is 5.15. The molecule has 1 nitrogen and oxygen atoms in total. The van der Waals surface area contributed by atoms with Crippen molar-refractivity contribution in [2.45, 2.75) is 30.8 Å². The molecule has 0 aliphatic heterocycles. The molecule has 0 bridgehead atoms. The highest BCUT2D eigenvalue weighted by Gasteiger charge is 2.66. The van der Waals surface area contributed by atoms with Gasteiger partial charge in [-0.15, -0.1) is 0 Å². The summed E-state index contributed by atoms with van der Waals surface area (Å²) >= 11 is 0. The van der Waals surface area contributed by atoms with Crippen molar-refractivity contribution in [2.75, 3.05) is 0 Å². The predicted molar refractivity (Wildman–Crippen MR) is 37.1 cm³/mol. The van der Waals surface area contributed by atoms with Gasteiger partial charge >= 0.3 is 30.8 Å². The molecule has 0 aromatic heterocycles. The Bertz CT molecular complexity index is 334. The SMILES string of the molecule is FC(=COC(F)(F)C(F)F)C(F)(F)C(F)(F)C(F)F. The van der Waals surface area contributed by atoms with E-state index in [9.17, 15) is 48.3 Å². The van der Waals surface area contributed by atoms with Crippen LogP contribution in [0.2, 0.25) is 0 Å². The Morgan fingerprint density at radius 2 is 1.26 bits per heavy atom. The number of allylic oxidation sites excluding steroid dienone is 1. The largest absolute Gasteiger partial charge is 0.460 e. The highest BCUT2D eigenvalue weighted by Crippen LogP contribution is 2.44. The molecule has 0 heterocycles. The summed E-state index contributed by atoms with van der Waals surface area (Å²) < 4.78 is 134. The molecule has 0 radical (unpaired) electrons. The number of alkyl halides is 10. The van der Waals surface area contributed by atoms with E-state index >= 15 is 0 Å². The highest BCUT2D eigenvalue weighted by molar-refractivity contribution is 5.09. The topological polar surface area (TPSA) is 9.23 Å². The van der Waals surface area contributed by atoms with Crippen LogP contribution >= 0.6 is 0 Å². The summed E-state index contributed by atoms with van der Waals surface area (Å²) in [4.78, 5) is 0. The van der Waals surface area contributed by atoms with Crippen LogP contribution in [-0.2, 0) is 4.74 Å². The molecule has 114 valence electrons. The van der Waals surface area contributed by atoms with Crippen LogP contribution in [0.5, 0.6) is 0 Å². The molecule has 0 aromatic rings. The Hall–Kier alpha value is -1.23. The van der Waals surface area contributed by atoms with Gasteiger partial charge in [0.15, 0.2) is 0 Å². The van der Waals surface area contributed by atoms with Crippen molar-refractivity contribution in [1.82, 2.24) is 0 Å². The van der Waals surface area contributed by atoms with Gasteiger partial charge in [0.25, 0.3) is 0 Å². The van der Waals surface area contributed by atoms with Crippen LogP contribution < -0.4 is 0 Å². The standard InChI is InChI=1S/C7H3F11O/c8-2(1-19-7(17,18)4(11)12)5(13,14)6(15,16)3(9)10/h1,3-4H. The van der Waals surface area contributed by atoms with Gasteiger partial charge in [0, 0.05) is 0 Å². The zero-order valence-corrected chi connectivity index (χ0v) is 8.30. The summed E-state index contributed by atoms with van der Waals surface area (Å²) in [5.41, 5.74) is 0. The summed E-state index contributed by atoms with van der Waals surface area (Å²) in [5.74, 6) is -16.0. The van der Waals surface area contributed by atoms with E-state index < -0.39 is 42.9 Å². The number of hydrogen-bond acceptors (Lipinski definition) is 1. The van der Waals surface area contributed by atoms with Crippen molar-refractivity contribution in [3.05, 3.63) is 12.1 Å². The molecule has 12 heteroatoms. The average molecular weight is 312 g/mol. The fourth-order valence-corrected chi connectivity index (χ4v) is 0.552. The van der Waals surface area contributed by atoms with Crippen molar-refractivity contribution in [3.8, 4) is 0 Å². The lowest BCUT2D eigenvalue weighted by Crippen LogP contribution is -2.47. The maximum absolute atomic E-state index is 12.4. The predicted octanol–water partition coefficient (Wildman–Crippen LogP) is 4.21. The quantitative estimate of drug-likeness (QED) is 0.527. The molecule has 0 fully saturated rings. The van der Waals surface area contributed by atoms with Crippen LogP contribution in [0.15, 0.2) is 12.1 Å². The summed E-state index contributed by atoms with van der Waals surface area (Å²) in [6, 6.07) is 0. The molecule has 0 atom stereocenters. The molecule has 0 N–H and O–H groups in total. The summed E-state index contributed by atoms with van der Waals surface area (Å²) in [5, 5.41) is 0. The van der Waals surface area contributed by atoms with Crippen LogP contribution in [0.25, 0.3) is 0 Å². The number of halogens is 11. The molecule has 0 unspecified atom stereocenters. The molecule has 0 saturated heterocycles. The van der Waals surface area contributed by atoms with Crippen LogP contribution in [-0.4, -0.2) is 30.8 Å². The van der Waals surface area contributed by atoms with Crippen molar-refractivity contribution >= 4 is 0 Å². The van der Waals surface area contributed by atoms with E-state index in [1.54, 1.807) is 0 Å². The van der Waals surface area contributed by atoms with Crippen LogP contribution in [0.4, 0.5) is 48.3 Å². The van der Waals surface area contributed by atoms with E-state index in [2.05, 4.69) is 4.74 Å². The van der Waals surface area contributed by atoms with Crippen molar-refractivity contribution < 1.29 is 53.0 Å². The number of hydrogen-bond donors (Lipinski definition) is 0. The van der Waals surface area contributed by atoms with Gasteiger partial charge in [0.2, 0.25) is 5.83 Å². The molecular formula is C7H3F11O. The first kappa shape index (κ1) is 17.8. The second-order valence-corrected chi connectivity index (χ2v) is 2.94. The molecule has 19 heavy (non-hydrogen) atoms. The van der Waals surface area contributed by atoms with Gasteiger partial charge in [0.05, 0.1) is 0 Å². The molecule has 0 rings (SSSR count). The van der Waals surface area contributed by atoms with E-state index in [1.165, 1.54) is 0 Å². The minimum absolute atomic E-state index is 1.47. The lowest BCUT2D eigenvalue weighted by molar-refractivity contribution is -0.280. The van der Waals surface area contributed by atoms with E-state index in [1.807, 2.05) is 0 Å². The third kappa shape index (κ3) is 3.62. The first-order valence-electron chi connectivity index (χ1n) is 4.00. The highest BCUT2D eigenvalue weighted by atomic mass is 19.3. The zero-order chi connectivity index (χ0) is 15.6. The molecule has 0 aromatic carbocycles. The Kier molecular flexibility index (Phi) is 5.06. The van der Waals surface area contributed by atoms with Gasteiger partial charge in [-0.25, -0.2) is 13.2 Å². The first-order valence-corrected chi connectivity index (χ1v) is 4.00. The van der Waals surface area contributed by atoms with Crippen molar-refractivity contribution in [1.29, 1.82) is 0 Å². The molecule has 0 saturated carbocycles. The molecule has 0 aliphatic carbocycles. The Morgan fingerprint density at radius 1 is 0.842 bits per heavy atom. The normalized spacial score (nSPS) is 15.3. The maximum Gasteiger partial charge on any atom is 0.460 e. The lowest BCUT2D eigenvalue weighted by Gasteiger charge is -2.24. The summed E-state index contributed by atoms with van der Waals surface area (Å²) in [6.07, 6.45) is -16.5. The maximum atomic E-state index is 12.4. The number of ether oxygens (including phenoxy) is 1. The third-order valence-corrected chi connectivity index (χ3v) is 1.57. The minimum atomic E-state index is -6.24. The average Bonchev–Trinajstić information content (AvgIpc) is 2.24. The molecular weight excluding hydrogens is 309 g/mol. The van der Waals surface area contributed by atoms with Crippen molar-refractivity contribution in [3.63, 3.8) is 0 Å². The second-order valence-electron chi connectivity index (χ2n) is 2.94. The fraction of sp³-hybridized carbons (Fsp3) is 0.714. The Labute approximate surface area is 97.2 Å². The van der Waals surface area contributed by atoms with E-state index in [-0.39, 0.29) is 0 Å². The third-order valence-electron chi connectivity index (χ3n) is 1.57. The smallest absolute Gasteiger partial charge is 0.433 e. The summed E-state index contributed by atoms with van der Waals surface area (Å²) in [7, 11) is 0. The fourth-order valence-electron chi connectivity index (χ4n) is 0.552. The van der Waals surface area contributed by atoms with Crippen LogP contribution in [0.1, 0.15) is 0 Å². The van der Waals surface area contributed by atoms with Crippen LogP contribution in [0.3, 0.4) is 0 Å². The van der Waals surface area contributed by atoms with E-state index in [0.29, 0.717) is 0 Å². The van der Waals surface area contributed by atoms with Crippen LogP contribution in [0, 0.1) is 0 Å². The molecule has 0 spiro atoms. The molecule has 0 amide bonds. The second kappa shape index (κ2) is 5.41. The minimum Gasteiger partial charge on any atom is -0.433 e. The summed E-state index contributed by atoms with van der Waals surface area (Å²) in [6.45, 7) is 0. The van der Waals surface area contributed by atoms with E-state index in [4.69, 9.17) is 0 Å². The van der Waals surface area contributed by atoms with Gasteiger partial charge < -0.3 is 4.74 Å².